The summed E-state index contributed by atoms with van der Waals surface area (Å²) < 4.78 is 44.0. The van der Waals surface area contributed by atoms with Gasteiger partial charge in [0, 0.05) is 30.1 Å². The van der Waals surface area contributed by atoms with Crippen molar-refractivity contribution in [2.45, 2.75) is 6.18 Å². The number of pyridine rings is 1. The second kappa shape index (κ2) is 8.99. The molecule has 0 fully saturated rings. The van der Waals surface area contributed by atoms with Crippen LogP contribution in [-0.4, -0.2) is 41.2 Å². The van der Waals surface area contributed by atoms with Gasteiger partial charge in [0.1, 0.15) is 0 Å². The van der Waals surface area contributed by atoms with Gasteiger partial charge in [0.05, 0.1) is 28.0 Å². The van der Waals surface area contributed by atoms with Crippen LogP contribution >= 0.6 is 0 Å². The van der Waals surface area contributed by atoms with E-state index in [0.29, 0.717) is 11.3 Å². The molecular formula is C24H17F3N8O3. The Labute approximate surface area is 210 Å². The largest absolute Gasteiger partial charge is 0.417 e. The van der Waals surface area contributed by atoms with Gasteiger partial charge in [-0.25, -0.2) is 9.31 Å². The highest BCUT2D eigenvalue weighted by atomic mass is 19.4. The lowest BCUT2D eigenvalue weighted by Gasteiger charge is -2.11. The molecule has 3 heterocycles. The van der Waals surface area contributed by atoms with Crippen molar-refractivity contribution in [2.24, 2.45) is 12.8 Å². The molecule has 11 nitrogen and oxygen atoms in total. The molecule has 0 radical (unpaired) electrons. The minimum atomic E-state index is -4.74. The van der Waals surface area contributed by atoms with Crippen LogP contribution < -0.4 is 16.7 Å². The van der Waals surface area contributed by atoms with Crippen LogP contribution in [0.1, 0.15) is 26.3 Å². The maximum atomic E-state index is 13.6. The van der Waals surface area contributed by atoms with Crippen LogP contribution in [0.4, 0.5) is 18.9 Å². The number of alkyl halides is 3. The number of carbonyl (C=O) groups is 2. The van der Waals surface area contributed by atoms with Crippen molar-refractivity contribution in [1.82, 2.24) is 29.4 Å². The quantitative estimate of drug-likeness (QED) is 0.364. The number of amides is 2. The second-order valence-corrected chi connectivity index (χ2v) is 8.24. The van der Waals surface area contributed by atoms with Gasteiger partial charge in [-0.05, 0) is 52.9 Å². The molecule has 3 aromatic heterocycles. The number of tetrazole rings is 1. The summed E-state index contributed by atoms with van der Waals surface area (Å²) in [5.74, 6) is -1.57. The molecule has 192 valence electrons. The van der Waals surface area contributed by atoms with Crippen LogP contribution in [0, 0.1) is 0 Å². The van der Waals surface area contributed by atoms with Gasteiger partial charge < -0.3 is 11.1 Å². The van der Waals surface area contributed by atoms with Crippen LogP contribution in [-0.2, 0) is 13.2 Å². The van der Waals surface area contributed by atoms with E-state index in [1.54, 1.807) is 24.3 Å². The molecule has 0 spiro atoms. The highest BCUT2D eigenvalue weighted by Crippen LogP contribution is 2.32. The zero-order valence-corrected chi connectivity index (χ0v) is 19.5. The van der Waals surface area contributed by atoms with Crippen molar-refractivity contribution in [3.8, 4) is 16.9 Å². The Kier molecular flexibility index (Phi) is 5.78. The summed E-state index contributed by atoms with van der Waals surface area (Å²) in [6.45, 7) is 0. The first-order valence-electron chi connectivity index (χ1n) is 10.9. The van der Waals surface area contributed by atoms with Gasteiger partial charge in [-0.1, -0.05) is 18.2 Å². The Morgan fingerprint density at radius 3 is 2.37 bits per heavy atom. The smallest absolute Gasteiger partial charge is 0.366 e. The zero-order valence-electron chi connectivity index (χ0n) is 19.5. The number of nitrogens with one attached hydrogen (secondary N) is 1. The predicted molar refractivity (Wildman–Crippen MR) is 129 cm³/mol. The molecule has 0 saturated carbocycles. The van der Waals surface area contributed by atoms with Crippen molar-refractivity contribution < 1.29 is 22.8 Å². The van der Waals surface area contributed by atoms with E-state index in [4.69, 9.17) is 5.73 Å². The molecular weight excluding hydrogens is 505 g/mol. The van der Waals surface area contributed by atoms with Crippen LogP contribution in [0.25, 0.3) is 22.5 Å². The molecule has 0 saturated heterocycles. The van der Waals surface area contributed by atoms with Gasteiger partial charge in [-0.15, -0.1) is 0 Å². The summed E-state index contributed by atoms with van der Waals surface area (Å²) in [6, 6.07) is 14.3. The highest BCUT2D eigenvalue weighted by Gasteiger charge is 2.33. The predicted octanol–water partition coefficient (Wildman–Crippen LogP) is 2.65. The van der Waals surface area contributed by atoms with Crippen molar-refractivity contribution >= 4 is 23.0 Å². The first kappa shape index (κ1) is 24.4. The minimum absolute atomic E-state index is 0.116. The standard InChI is InChI=1S/C24H17F3N8O3/c1-33-23(38)35(32-31-33)17-7-5-13(6-8-17)19-11-20-18(10-15(24(25,26)27)12-34(20)30-19)22(37)29-16-4-2-3-14(9-16)21(28)36/h2-12H,1H3,(H2,28,36)(H,29,37). The minimum Gasteiger partial charge on any atom is -0.366 e. The average molecular weight is 522 g/mol. The molecule has 0 atom stereocenters. The first-order valence-corrected chi connectivity index (χ1v) is 10.9. The van der Waals surface area contributed by atoms with Gasteiger partial charge >= 0.3 is 11.9 Å². The summed E-state index contributed by atoms with van der Waals surface area (Å²) in [7, 11) is 1.45. The number of aromatic nitrogens is 6. The molecule has 2 amide bonds. The van der Waals surface area contributed by atoms with Crippen LogP contribution in [0.3, 0.4) is 0 Å². The number of primary amides is 1. The zero-order chi connectivity index (χ0) is 27.2. The SMILES string of the molecule is Cn1nnn(-c2ccc(-c3cc4c(C(=O)Nc5cccc(C(N)=O)c5)cc(C(F)(F)F)cn4n3)cc2)c1=O. The van der Waals surface area contributed by atoms with Crippen molar-refractivity contribution in [1.29, 1.82) is 0 Å². The number of rotatable bonds is 5. The third-order valence-corrected chi connectivity index (χ3v) is 5.68. The number of benzene rings is 2. The summed E-state index contributed by atoms with van der Waals surface area (Å²) in [4.78, 5) is 36.6. The lowest BCUT2D eigenvalue weighted by molar-refractivity contribution is -0.137. The van der Waals surface area contributed by atoms with Gasteiger partial charge in [0.2, 0.25) is 5.91 Å². The van der Waals surface area contributed by atoms with Crippen LogP contribution in [0.2, 0.25) is 0 Å². The summed E-state index contributed by atoms with van der Waals surface area (Å²) >= 11 is 0. The number of nitrogens with two attached hydrogens (primary N) is 1. The molecule has 0 aliphatic carbocycles. The number of carbonyl (C=O) groups excluding carboxylic acids is 2. The Hall–Kier alpha value is -5.27. The van der Waals surface area contributed by atoms with E-state index in [9.17, 15) is 27.6 Å². The van der Waals surface area contributed by atoms with E-state index < -0.39 is 29.2 Å². The number of halogens is 3. The topological polar surface area (TPSA) is 142 Å². The van der Waals surface area contributed by atoms with E-state index in [-0.39, 0.29) is 28.0 Å². The third kappa shape index (κ3) is 4.50. The first-order chi connectivity index (χ1) is 18.0. The lowest BCUT2D eigenvalue weighted by Crippen LogP contribution is -2.21. The number of anilines is 1. The molecule has 38 heavy (non-hydrogen) atoms. The molecule has 2 aromatic carbocycles. The fourth-order valence-corrected chi connectivity index (χ4v) is 3.77. The highest BCUT2D eigenvalue weighted by molar-refractivity contribution is 6.09. The maximum Gasteiger partial charge on any atom is 0.417 e. The molecule has 0 unspecified atom stereocenters. The summed E-state index contributed by atoms with van der Waals surface area (Å²) in [5, 5.41) is 14.2. The fourth-order valence-electron chi connectivity index (χ4n) is 3.77. The van der Waals surface area contributed by atoms with Gasteiger partial charge in [0.25, 0.3) is 5.91 Å². The van der Waals surface area contributed by atoms with E-state index in [1.807, 2.05) is 0 Å². The van der Waals surface area contributed by atoms with Crippen molar-refractivity contribution in [2.75, 3.05) is 5.32 Å². The Bertz CT molecular complexity index is 1770. The number of fused-ring (bicyclic) bond motifs is 1. The van der Waals surface area contributed by atoms with Crippen LogP contribution in [0.15, 0.2) is 71.7 Å². The van der Waals surface area contributed by atoms with Gasteiger partial charge in [-0.2, -0.15) is 27.6 Å². The van der Waals surface area contributed by atoms with Gasteiger partial charge in [-0.3, -0.25) is 9.59 Å². The number of hydrogen-bond donors (Lipinski definition) is 2. The van der Waals surface area contributed by atoms with E-state index >= 15 is 0 Å². The average Bonchev–Trinajstić information content (AvgIpc) is 3.46. The summed E-state index contributed by atoms with van der Waals surface area (Å²) in [5.41, 5.74) is 5.08. The number of nitrogens with zero attached hydrogens (tertiary/aromatic N) is 6. The molecule has 14 heteroatoms. The third-order valence-electron chi connectivity index (χ3n) is 5.68. The molecule has 0 aliphatic heterocycles. The Morgan fingerprint density at radius 1 is 1.00 bits per heavy atom. The van der Waals surface area contributed by atoms with Crippen molar-refractivity contribution in [3.63, 3.8) is 0 Å². The Morgan fingerprint density at radius 2 is 1.74 bits per heavy atom. The molecule has 3 N–H and O–H groups in total. The van der Waals surface area contributed by atoms with Crippen LogP contribution in [0.5, 0.6) is 0 Å². The fraction of sp³-hybridized carbons (Fsp3) is 0.0833. The van der Waals surface area contributed by atoms with Gasteiger partial charge in [0.15, 0.2) is 0 Å². The van der Waals surface area contributed by atoms with E-state index in [1.165, 1.54) is 37.4 Å². The van der Waals surface area contributed by atoms with E-state index in [2.05, 4.69) is 20.8 Å². The molecule has 5 rings (SSSR count). The van der Waals surface area contributed by atoms with Crippen molar-refractivity contribution in [3.05, 3.63) is 94.0 Å². The number of hydrogen-bond acceptors (Lipinski definition) is 6. The molecule has 0 aliphatic rings. The second-order valence-electron chi connectivity index (χ2n) is 8.24. The maximum absolute atomic E-state index is 13.6. The molecule has 5 aromatic rings. The van der Waals surface area contributed by atoms with E-state index in [0.717, 1.165) is 26.1 Å². The monoisotopic (exact) mass is 522 g/mol. The molecule has 0 bridgehead atoms. The number of aryl methyl sites for hydroxylation is 1. The lowest BCUT2D eigenvalue weighted by atomic mass is 10.1. The normalized spacial score (nSPS) is 11.6. The summed E-state index contributed by atoms with van der Waals surface area (Å²) in [6.07, 6.45) is -3.95. The Balaban J connectivity index is 1.55.